The quantitative estimate of drug-likeness (QED) is 0.509. The van der Waals surface area contributed by atoms with Gasteiger partial charge >= 0.3 is 0 Å². The van der Waals surface area contributed by atoms with Gasteiger partial charge in [-0.3, -0.25) is 9.36 Å². The van der Waals surface area contributed by atoms with Gasteiger partial charge in [0, 0.05) is 0 Å². The molecule has 120 valence electrons. The third-order valence-electron chi connectivity index (χ3n) is 2.47. The number of rotatable bonds is 7. The fourth-order valence-electron chi connectivity index (χ4n) is 1.56. The van der Waals surface area contributed by atoms with Crippen molar-refractivity contribution in [3.8, 4) is 0 Å². The second kappa shape index (κ2) is 10.0. The summed E-state index contributed by atoms with van der Waals surface area (Å²) in [7, 11) is 0. The number of nitrogens with two attached hydrogens (primary N) is 1. The fourth-order valence-corrected chi connectivity index (χ4v) is 1.56. The maximum absolute atomic E-state index is 11.7. The van der Waals surface area contributed by atoms with Gasteiger partial charge in [0.25, 0.3) is 5.91 Å². The zero-order valence-electron chi connectivity index (χ0n) is 13.0. The molecule has 21 heavy (non-hydrogen) atoms. The van der Waals surface area contributed by atoms with Crippen molar-refractivity contribution in [2.45, 2.75) is 40.0 Å². The SMILES string of the molecule is C=Nc1c(C(=O)NCN)ncn1C(C)OC(C)CO.CC. The summed E-state index contributed by atoms with van der Waals surface area (Å²) in [6, 6.07) is 0. The van der Waals surface area contributed by atoms with Gasteiger partial charge in [-0.2, -0.15) is 0 Å². The molecule has 2 unspecified atom stereocenters. The van der Waals surface area contributed by atoms with Crippen molar-refractivity contribution in [1.82, 2.24) is 14.9 Å². The predicted molar refractivity (Wildman–Crippen MR) is 81.6 cm³/mol. The minimum absolute atomic E-state index is 0.00980. The molecule has 0 saturated heterocycles. The van der Waals surface area contributed by atoms with Crippen molar-refractivity contribution in [3.05, 3.63) is 12.0 Å². The smallest absolute Gasteiger partial charge is 0.274 e. The lowest BCUT2D eigenvalue weighted by molar-refractivity contribution is -0.0551. The van der Waals surface area contributed by atoms with Crippen LogP contribution in [-0.2, 0) is 4.74 Å². The number of hydrogen-bond donors (Lipinski definition) is 3. The van der Waals surface area contributed by atoms with Crippen molar-refractivity contribution >= 4 is 18.4 Å². The molecule has 0 fully saturated rings. The standard InChI is InChI=1S/C11H19N5O3.C2H6/c1-7(4-17)19-8(2)16-6-15-9(10(16)13-3)11(18)14-5-12;1-2/h6-8,17H,3-5,12H2,1-2H3,(H,14,18);1-2H3. The summed E-state index contributed by atoms with van der Waals surface area (Å²) in [4.78, 5) is 19.5. The molecule has 1 amide bonds. The number of aliphatic hydroxyl groups excluding tert-OH is 1. The maximum Gasteiger partial charge on any atom is 0.274 e. The van der Waals surface area contributed by atoms with Gasteiger partial charge in [-0.25, -0.2) is 9.98 Å². The number of nitrogens with one attached hydrogen (secondary N) is 1. The Kier molecular flexibility index (Phi) is 9.18. The molecule has 1 heterocycles. The Morgan fingerprint density at radius 2 is 2.24 bits per heavy atom. The Labute approximate surface area is 125 Å². The summed E-state index contributed by atoms with van der Waals surface area (Å²) in [5.74, 6) is -0.130. The first-order valence-corrected chi connectivity index (χ1v) is 6.83. The summed E-state index contributed by atoms with van der Waals surface area (Å²) in [5, 5.41) is 11.4. The topological polar surface area (TPSA) is 115 Å². The van der Waals surface area contributed by atoms with E-state index in [-0.39, 0.29) is 25.1 Å². The van der Waals surface area contributed by atoms with Crippen molar-refractivity contribution in [3.63, 3.8) is 0 Å². The average Bonchev–Trinajstić information content (AvgIpc) is 2.93. The normalized spacial score (nSPS) is 12.9. The Balaban J connectivity index is 0.00000191. The lowest BCUT2D eigenvalue weighted by atomic mass is 10.4. The van der Waals surface area contributed by atoms with Crippen LogP contribution in [-0.4, -0.2) is 46.7 Å². The number of nitrogens with zero attached hydrogens (tertiary/aromatic N) is 3. The summed E-state index contributed by atoms with van der Waals surface area (Å²) in [6.07, 6.45) is 0.662. The molecule has 4 N–H and O–H groups in total. The highest BCUT2D eigenvalue weighted by atomic mass is 16.5. The van der Waals surface area contributed by atoms with Crippen LogP contribution < -0.4 is 11.1 Å². The highest BCUT2D eigenvalue weighted by molar-refractivity contribution is 5.96. The van der Waals surface area contributed by atoms with Crippen molar-refractivity contribution < 1.29 is 14.6 Å². The number of aliphatic imine (C=N–C) groups is 1. The molecule has 0 saturated carbocycles. The van der Waals surface area contributed by atoms with Gasteiger partial charge in [0.15, 0.2) is 11.5 Å². The third-order valence-corrected chi connectivity index (χ3v) is 2.47. The molecular weight excluding hydrogens is 274 g/mol. The monoisotopic (exact) mass is 299 g/mol. The fraction of sp³-hybridized carbons (Fsp3) is 0.615. The van der Waals surface area contributed by atoms with Gasteiger partial charge < -0.3 is 20.9 Å². The van der Waals surface area contributed by atoms with Crippen LogP contribution >= 0.6 is 0 Å². The highest BCUT2D eigenvalue weighted by Gasteiger charge is 2.20. The molecule has 8 heteroatoms. The van der Waals surface area contributed by atoms with E-state index in [1.807, 2.05) is 13.8 Å². The molecule has 0 aliphatic carbocycles. The molecule has 1 aromatic heterocycles. The molecule has 0 bridgehead atoms. The van der Waals surface area contributed by atoms with E-state index in [1.54, 1.807) is 18.4 Å². The third kappa shape index (κ3) is 5.25. The Hall–Kier alpha value is -1.77. The lowest BCUT2D eigenvalue weighted by Gasteiger charge is -2.19. The van der Waals surface area contributed by atoms with Crippen LogP contribution in [0.1, 0.15) is 44.4 Å². The van der Waals surface area contributed by atoms with Gasteiger partial charge in [-0.15, -0.1) is 0 Å². The number of amides is 1. The van der Waals surface area contributed by atoms with Crippen LogP contribution in [0.3, 0.4) is 0 Å². The van der Waals surface area contributed by atoms with Crippen molar-refractivity contribution in [1.29, 1.82) is 0 Å². The van der Waals surface area contributed by atoms with Crippen LogP contribution in [0, 0.1) is 0 Å². The first-order valence-electron chi connectivity index (χ1n) is 6.83. The summed E-state index contributed by atoms with van der Waals surface area (Å²) >= 11 is 0. The van der Waals surface area contributed by atoms with E-state index in [0.29, 0.717) is 5.82 Å². The predicted octanol–water partition coefficient (Wildman–Crippen LogP) is 0.803. The van der Waals surface area contributed by atoms with E-state index < -0.39 is 12.1 Å². The van der Waals surface area contributed by atoms with Gasteiger partial charge in [0.1, 0.15) is 6.23 Å². The molecule has 0 aromatic carbocycles. The molecule has 8 nitrogen and oxygen atoms in total. The first kappa shape index (κ1) is 19.2. The second-order valence-electron chi connectivity index (χ2n) is 3.92. The number of ether oxygens (including phenoxy) is 1. The van der Waals surface area contributed by atoms with E-state index >= 15 is 0 Å². The zero-order chi connectivity index (χ0) is 16.4. The summed E-state index contributed by atoms with van der Waals surface area (Å²) < 4.78 is 7.07. The molecule has 1 rings (SSSR count). The molecule has 0 radical (unpaired) electrons. The van der Waals surface area contributed by atoms with E-state index in [0.717, 1.165) is 0 Å². The largest absolute Gasteiger partial charge is 0.394 e. The van der Waals surface area contributed by atoms with E-state index in [4.69, 9.17) is 15.6 Å². The molecule has 0 aliphatic heterocycles. The van der Waals surface area contributed by atoms with Gasteiger partial charge in [0.2, 0.25) is 0 Å². The average molecular weight is 299 g/mol. The van der Waals surface area contributed by atoms with E-state index in [9.17, 15) is 4.79 Å². The van der Waals surface area contributed by atoms with Crippen LogP contribution in [0.5, 0.6) is 0 Å². The molecule has 1 aromatic rings. The molecule has 0 aliphatic rings. The van der Waals surface area contributed by atoms with E-state index in [2.05, 4.69) is 22.0 Å². The van der Waals surface area contributed by atoms with Gasteiger partial charge in [0.05, 0.1) is 25.7 Å². The first-order chi connectivity index (χ1) is 10.0. The molecule has 0 spiro atoms. The number of hydrogen-bond acceptors (Lipinski definition) is 6. The summed E-state index contributed by atoms with van der Waals surface area (Å²) in [5.41, 5.74) is 5.38. The van der Waals surface area contributed by atoms with Crippen molar-refractivity contribution in [2.24, 2.45) is 10.7 Å². The van der Waals surface area contributed by atoms with Crippen molar-refractivity contribution in [2.75, 3.05) is 13.3 Å². The van der Waals surface area contributed by atoms with E-state index in [1.165, 1.54) is 6.33 Å². The zero-order valence-corrected chi connectivity index (χ0v) is 13.0. The van der Waals surface area contributed by atoms with Crippen LogP contribution in [0.2, 0.25) is 0 Å². The highest BCUT2D eigenvalue weighted by Crippen LogP contribution is 2.23. The van der Waals surface area contributed by atoms with Crippen LogP contribution in [0.4, 0.5) is 5.82 Å². The minimum Gasteiger partial charge on any atom is -0.394 e. The molecular formula is C13H25N5O3. The second-order valence-corrected chi connectivity index (χ2v) is 3.92. The maximum atomic E-state index is 11.7. The Morgan fingerprint density at radius 3 is 2.71 bits per heavy atom. The number of aliphatic hydroxyl groups is 1. The Morgan fingerprint density at radius 1 is 1.62 bits per heavy atom. The lowest BCUT2D eigenvalue weighted by Crippen LogP contribution is -2.29. The van der Waals surface area contributed by atoms with Gasteiger partial charge in [-0.05, 0) is 20.6 Å². The number of aromatic nitrogens is 2. The van der Waals surface area contributed by atoms with Crippen LogP contribution in [0.15, 0.2) is 11.3 Å². The van der Waals surface area contributed by atoms with Gasteiger partial charge in [-0.1, -0.05) is 13.8 Å². The molecule has 2 atom stereocenters. The van der Waals surface area contributed by atoms with Crippen LogP contribution in [0.25, 0.3) is 0 Å². The summed E-state index contributed by atoms with van der Waals surface area (Å²) in [6.45, 7) is 10.8. The number of imidazole rings is 1. The number of carbonyl (C=O) groups excluding carboxylic acids is 1. The minimum atomic E-state index is -0.436. The Bertz CT molecular complexity index is 447. The number of carbonyl (C=O) groups is 1.